The molecule has 0 radical (unpaired) electrons. The molecule has 0 aliphatic rings. The standard InChI is InChI=1S/C81H158O17P2/c1-7-9-11-13-15-17-19-27-34-41-47-53-59-65-80(85)97-76(69-91-78(83)63-57-51-45-39-33-20-18-16-14-12-10-8-2)71-95-99(87,88)93-67-75(82)68-94-100(89,90)96-72-77(70-92-79(84)64-58-52-46-40-36-30-32-38-44-50-56-62-74(5)6)98-81(86)66-60-54-48-42-35-29-26-24-22-21-23-25-28-31-37-43-49-55-61-73(3)4/h73-77,82H,7-72H2,1-6H3,(H,87,88)(H,89,90)/t75-,76+,77+/m0/s1. The topological polar surface area (TPSA) is 237 Å². The third-order valence-electron chi connectivity index (χ3n) is 19.0. The van der Waals surface area contributed by atoms with E-state index in [2.05, 4.69) is 41.5 Å². The highest BCUT2D eigenvalue weighted by atomic mass is 31.2. The van der Waals surface area contributed by atoms with Gasteiger partial charge < -0.3 is 33.8 Å². The van der Waals surface area contributed by atoms with Crippen LogP contribution >= 0.6 is 15.6 Å². The van der Waals surface area contributed by atoms with Gasteiger partial charge in [-0.2, -0.15) is 0 Å². The van der Waals surface area contributed by atoms with Crippen LogP contribution in [0.5, 0.6) is 0 Å². The van der Waals surface area contributed by atoms with Gasteiger partial charge in [-0.3, -0.25) is 37.3 Å². The Kier molecular flexibility index (Phi) is 71.2. The molecule has 2 unspecified atom stereocenters. The van der Waals surface area contributed by atoms with Crippen LogP contribution in [0.15, 0.2) is 0 Å². The highest BCUT2D eigenvalue weighted by molar-refractivity contribution is 7.47. The zero-order chi connectivity index (χ0) is 73.5. The zero-order valence-electron chi connectivity index (χ0n) is 65.5. The Bertz CT molecular complexity index is 1920. The van der Waals surface area contributed by atoms with Gasteiger partial charge in [0.15, 0.2) is 12.2 Å². The quantitative estimate of drug-likeness (QED) is 0.0222. The van der Waals surface area contributed by atoms with Crippen molar-refractivity contribution in [3.05, 3.63) is 0 Å². The molecule has 0 aliphatic carbocycles. The summed E-state index contributed by atoms with van der Waals surface area (Å²) in [6, 6.07) is 0. The van der Waals surface area contributed by atoms with Crippen LogP contribution in [-0.4, -0.2) is 96.7 Å². The minimum absolute atomic E-state index is 0.108. The number of carbonyl (C=O) groups excluding carboxylic acids is 4. The molecule has 0 bridgehead atoms. The number of phosphoric ester groups is 2. The molecule has 0 fully saturated rings. The zero-order valence-corrected chi connectivity index (χ0v) is 67.3. The van der Waals surface area contributed by atoms with Gasteiger partial charge in [-0.1, -0.05) is 375 Å². The second kappa shape index (κ2) is 72.6. The Morgan fingerprint density at radius 3 is 0.680 bits per heavy atom. The van der Waals surface area contributed by atoms with E-state index in [-0.39, 0.29) is 25.7 Å². The van der Waals surface area contributed by atoms with Gasteiger partial charge in [0, 0.05) is 25.7 Å². The maximum absolute atomic E-state index is 13.1. The predicted molar refractivity (Wildman–Crippen MR) is 409 cm³/mol. The first kappa shape index (κ1) is 98.1. The van der Waals surface area contributed by atoms with Crippen LogP contribution in [0.2, 0.25) is 0 Å². The summed E-state index contributed by atoms with van der Waals surface area (Å²) in [4.78, 5) is 73.0. The van der Waals surface area contributed by atoms with Crippen LogP contribution < -0.4 is 0 Å². The largest absolute Gasteiger partial charge is 0.472 e. The summed E-state index contributed by atoms with van der Waals surface area (Å²) < 4.78 is 68.7. The maximum atomic E-state index is 13.1. The number of aliphatic hydroxyl groups is 1. The number of ether oxygens (including phenoxy) is 4. The molecular weight excluding hydrogens is 1310 g/mol. The Labute approximate surface area is 613 Å². The molecule has 5 atom stereocenters. The molecule has 0 amide bonds. The van der Waals surface area contributed by atoms with Crippen molar-refractivity contribution in [2.45, 2.75) is 445 Å². The normalized spacial score (nSPS) is 13.9. The highest BCUT2D eigenvalue weighted by Gasteiger charge is 2.30. The van der Waals surface area contributed by atoms with Crippen molar-refractivity contribution >= 4 is 39.5 Å². The van der Waals surface area contributed by atoms with E-state index in [1.807, 2.05) is 0 Å². The fourth-order valence-electron chi connectivity index (χ4n) is 12.5. The van der Waals surface area contributed by atoms with Crippen LogP contribution in [0.1, 0.15) is 427 Å². The number of hydrogen-bond donors (Lipinski definition) is 3. The van der Waals surface area contributed by atoms with Crippen molar-refractivity contribution in [2.75, 3.05) is 39.6 Å². The predicted octanol–water partition coefficient (Wildman–Crippen LogP) is 24.3. The number of rotatable bonds is 80. The van der Waals surface area contributed by atoms with E-state index in [1.165, 1.54) is 244 Å². The monoisotopic (exact) mass is 1470 g/mol. The van der Waals surface area contributed by atoms with Crippen LogP contribution in [-0.2, 0) is 65.4 Å². The lowest BCUT2D eigenvalue weighted by atomic mass is 10.0. The van der Waals surface area contributed by atoms with Crippen molar-refractivity contribution < 1.29 is 80.2 Å². The number of esters is 4. The van der Waals surface area contributed by atoms with Crippen molar-refractivity contribution in [2.24, 2.45) is 11.8 Å². The van der Waals surface area contributed by atoms with Gasteiger partial charge in [-0.15, -0.1) is 0 Å². The summed E-state index contributed by atoms with van der Waals surface area (Å²) in [6.45, 7) is 9.68. The van der Waals surface area contributed by atoms with Crippen LogP contribution in [0.3, 0.4) is 0 Å². The molecule has 17 nitrogen and oxygen atoms in total. The highest BCUT2D eigenvalue weighted by Crippen LogP contribution is 2.45. The van der Waals surface area contributed by atoms with E-state index in [9.17, 15) is 43.2 Å². The summed E-state index contributed by atoms with van der Waals surface area (Å²) in [7, 11) is -9.92. The summed E-state index contributed by atoms with van der Waals surface area (Å²) >= 11 is 0. The second-order valence-electron chi connectivity index (χ2n) is 30.1. The number of unbranched alkanes of at least 4 members (excludes halogenated alkanes) is 50. The first-order chi connectivity index (χ1) is 48.4. The Morgan fingerprint density at radius 2 is 0.460 bits per heavy atom. The average Bonchev–Trinajstić information content (AvgIpc) is 1.63. The SMILES string of the molecule is CCCCCCCCCCCCCCCC(=O)O[C@H](COC(=O)CCCCCCCCCCCCCC)COP(=O)(O)OC[C@H](O)COP(=O)(O)OC[C@@H](COC(=O)CCCCCCCCCCCCCC(C)C)OC(=O)CCCCCCCCCCCCCCCCCCCCC(C)C. The molecule has 3 N–H and O–H groups in total. The van der Waals surface area contributed by atoms with E-state index in [1.54, 1.807) is 0 Å². The summed E-state index contributed by atoms with van der Waals surface area (Å²) in [5.74, 6) is -0.515. The van der Waals surface area contributed by atoms with Gasteiger partial charge in [-0.05, 0) is 37.5 Å². The van der Waals surface area contributed by atoms with Gasteiger partial charge >= 0.3 is 39.5 Å². The lowest BCUT2D eigenvalue weighted by molar-refractivity contribution is -0.161. The van der Waals surface area contributed by atoms with Gasteiger partial charge in [0.2, 0.25) is 0 Å². The van der Waals surface area contributed by atoms with Crippen molar-refractivity contribution in [3.8, 4) is 0 Å². The summed E-state index contributed by atoms with van der Waals surface area (Å²) in [6.07, 6.45) is 62.3. The average molecular weight is 1470 g/mol. The minimum atomic E-state index is -4.96. The molecule has 0 saturated heterocycles. The molecule has 594 valence electrons. The lowest BCUT2D eigenvalue weighted by Crippen LogP contribution is -2.30. The number of hydrogen-bond acceptors (Lipinski definition) is 15. The summed E-state index contributed by atoms with van der Waals surface area (Å²) in [5.41, 5.74) is 0. The van der Waals surface area contributed by atoms with Gasteiger partial charge in [-0.25, -0.2) is 9.13 Å². The third kappa shape index (κ3) is 74.3. The summed E-state index contributed by atoms with van der Waals surface area (Å²) in [5, 5.41) is 10.6. The van der Waals surface area contributed by atoms with E-state index in [4.69, 9.17) is 37.0 Å². The molecule has 100 heavy (non-hydrogen) atoms. The van der Waals surface area contributed by atoms with Crippen LogP contribution in [0.25, 0.3) is 0 Å². The molecule has 0 rings (SSSR count). The first-order valence-electron chi connectivity index (χ1n) is 42.0. The Balaban J connectivity index is 5.23. The molecule has 0 spiro atoms. The van der Waals surface area contributed by atoms with Crippen molar-refractivity contribution in [1.29, 1.82) is 0 Å². The van der Waals surface area contributed by atoms with Gasteiger partial charge in [0.25, 0.3) is 0 Å². The Hall–Kier alpha value is -1.94. The smallest absolute Gasteiger partial charge is 0.462 e. The molecule has 0 aromatic carbocycles. The van der Waals surface area contributed by atoms with E-state index >= 15 is 0 Å². The number of phosphoric acid groups is 2. The van der Waals surface area contributed by atoms with Crippen LogP contribution in [0.4, 0.5) is 0 Å². The fourth-order valence-corrected chi connectivity index (χ4v) is 14.1. The van der Waals surface area contributed by atoms with E-state index in [0.717, 1.165) is 102 Å². The van der Waals surface area contributed by atoms with Crippen LogP contribution in [0, 0.1) is 11.8 Å². The molecule has 0 aliphatic heterocycles. The lowest BCUT2D eigenvalue weighted by Gasteiger charge is -2.21. The molecule has 0 aromatic heterocycles. The number of carbonyl (C=O) groups is 4. The second-order valence-corrected chi connectivity index (χ2v) is 33.0. The first-order valence-corrected chi connectivity index (χ1v) is 45.0. The van der Waals surface area contributed by atoms with E-state index < -0.39 is 97.5 Å². The number of aliphatic hydroxyl groups excluding tert-OH is 1. The third-order valence-corrected chi connectivity index (χ3v) is 20.9. The van der Waals surface area contributed by atoms with E-state index in [0.29, 0.717) is 25.7 Å². The fraction of sp³-hybridized carbons (Fsp3) is 0.951. The maximum Gasteiger partial charge on any atom is 0.472 e. The van der Waals surface area contributed by atoms with Gasteiger partial charge in [0.1, 0.15) is 19.3 Å². The van der Waals surface area contributed by atoms with Crippen molar-refractivity contribution in [3.63, 3.8) is 0 Å². The molecule has 19 heteroatoms. The molecular formula is C81H158O17P2. The molecule has 0 saturated carbocycles. The Morgan fingerprint density at radius 1 is 0.270 bits per heavy atom. The van der Waals surface area contributed by atoms with Gasteiger partial charge in [0.05, 0.1) is 26.4 Å². The molecule has 0 heterocycles. The minimum Gasteiger partial charge on any atom is -0.462 e. The van der Waals surface area contributed by atoms with Crippen molar-refractivity contribution in [1.82, 2.24) is 0 Å². The molecule has 0 aromatic rings.